The zero-order valence-corrected chi connectivity index (χ0v) is 10.2. The molecule has 0 unspecified atom stereocenters. The van der Waals surface area contributed by atoms with Crippen LogP contribution in [0.3, 0.4) is 0 Å². The van der Waals surface area contributed by atoms with Crippen molar-refractivity contribution in [2.24, 2.45) is 10.8 Å². The molecule has 2 N–H and O–H groups in total. The molecule has 1 aliphatic rings. The van der Waals surface area contributed by atoms with Crippen LogP contribution in [0.15, 0.2) is 40.8 Å². The van der Waals surface area contributed by atoms with Gasteiger partial charge < -0.3 is 5.73 Å². The minimum atomic E-state index is -0.138. The number of benzene rings is 1. The van der Waals surface area contributed by atoms with Gasteiger partial charge in [-0.15, -0.1) is 16.4 Å². The fraction of sp³-hybridized carbons (Fsp3) is 0.0833. The number of carbonyl (C=O) groups is 1. The Kier molecular flexibility index (Phi) is 2.56. The number of nitrogens with two attached hydrogens (primary N) is 1. The van der Waals surface area contributed by atoms with E-state index in [1.54, 1.807) is 0 Å². The number of nitrogens with zero attached hydrogens (tertiary/aromatic N) is 3. The lowest BCUT2D eigenvalue weighted by Gasteiger charge is -2.05. The van der Waals surface area contributed by atoms with Crippen LogP contribution in [0, 0.1) is 0 Å². The second kappa shape index (κ2) is 4.23. The second-order valence-electron chi connectivity index (χ2n) is 3.86. The van der Waals surface area contributed by atoms with E-state index >= 15 is 0 Å². The number of hydrogen-bond acceptors (Lipinski definition) is 5. The largest absolute Gasteiger partial charge is 0.385 e. The molecule has 2 aromatic rings. The van der Waals surface area contributed by atoms with Crippen LogP contribution in [-0.4, -0.2) is 16.7 Å². The van der Waals surface area contributed by atoms with Crippen molar-refractivity contribution in [1.29, 1.82) is 0 Å². The number of thiazole rings is 1. The number of hydrazone groups is 1. The summed E-state index contributed by atoms with van der Waals surface area (Å²) in [6.45, 7) is 0. The van der Waals surface area contributed by atoms with Crippen LogP contribution in [0.4, 0.5) is 5.13 Å². The van der Waals surface area contributed by atoms with Gasteiger partial charge >= 0.3 is 0 Å². The third kappa shape index (κ3) is 1.86. The lowest BCUT2D eigenvalue weighted by Crippen LogP contribution is -2.19. The van der Waals surface area contributed by atoms with E-state index in [9.17, 15) is 4.79 Å². The Balaban J connectivity index is 1.93. The summed E-state index contributed by atoms with van der Waals surface area (Å²) in [5.74, 6) is 0.193. The summed E-state index contributed by atoms with van der Waals surface area (Å²) in [6.07, 6.45) is 0.167. The molecule has 0 aliphatic carbocycles. The molecule has 0 radical (unpaired) electrons. The molecule has 3 rings (SSSR count). The molecule has 0 spiro atoms. The summed E-state index contributed by atoms with van der Waals surface area (Å²) in [5.41, 5.74) is 7.39. The Morgan fingerprint density at radius 2 is 2.06 bits per heavy atom. The number of amides is 1. The quantitative estimate of drug-likeness (QED) is 0.893. The summed E-state index contributed by atoms with van der Waals surface area (Å²) in [5, 5.41) is 7.70. The van der Waals surface area contributed by atoms with Crippen molar-refractivity contribution in [1.82, 2.24) is 4.98 Å². The molecular formula is C12H10N4OS. The first-order valence-electron chi connectivity index (χ1n) is 5.41. The van der Waals surface area contributed by atoms with Crippen molar-refractivity contribution in [2.75, 3.05) is 5.01 Å². The molecular weight excluding hydrogens is 248 g/mol. The minimum absolute atomic E-state index is 0.138. The maximum Gasteiger partial charge on any atom is 0.257 e. The van der Waals surface area contributed by atoms with Gasteiger partial charge in [-0.2, -0.15) is 5.01 Å². The fourth-order valence-electron chi connectivity index (χ4n) is 1.70. The Morgan fingerprint density at radius 3 is 2.72 bits per heavy atom. The number of aromatic nitrogens is 1. The van der Waals surface area contributed by atoms with Crippen LogP contribution >= 0.6 is 11.3 Å². The monoisotopic (exact) mass is 258 g/mol. The van der Waals surface area contributed by atoms with Crippen LogP contribution in [0.5, 0.6) is 0 Å². The van der Waals surface area contributed by atoms with Crippen LogP contribution in [0.25, 0.3) is 11.3 Å². The van der Waals surface area contributed by atoms with Crippen molar-refractivity contribution in [3.05, 3.63) is 35.7 Å². The SMILES string of the molecule is NC1=NN(c2nc(-c3ccccc3)cs2)C(=O)C1. The van der Waals surface area contributed by atoms with Gasteiger partial charge in [-0.3, -0.25) is 4.79 Å². The van der Waals surface area contributed by atoms with Crippen LogP contribution in [-0.2, 0) is 4.79 Å². The Morgan fingerprint density at radius 1 is 1.28 bits per heavy atom. The van der Waals surface area contributed by atoms with E-state index in [0.717, 1.165) is 11.3 Å². The van der Waals surface area contributed by atoms with Crippen LogP contribution in [0.2, 0.25) is 0 Å². The van der Waals surface area contributed by atoms with Gasteiger partial charge in [0.15, 0.2) is 0 Å². The van der Waals surface area contributed by atoms with Gasteiger partial charge in [0.2, 0.25) is 5.13 Å². The maximum absolute atomic E-state index is 11.6. The predicted octanol–water partition coefficient (Wildman–Crippen LogP) is 1.82. The summed E-state index contributed by atoms with van der Waals surface area (Å²) in [4.78, 5) is 16.0. The molecule has 5 nitrogen and oxygen atoms in total. The smallest absolute Gasteiger partial charge is 0.257 e. The maximum atomic E-state index is 11.6. The normalized spacial score (nSPS) is 15.0. The van der Waals surface area contributed by atoms with Gasteiger partial charge in [0.1, 0.15) is 5.84 Å². The molecule has 90 valence electrons. The van der Waals surface area contributed by atoms with Crippen molar-refractivity contribution in [3.8, 4) is 11.3 Å². The van der Waals surface area contributed by atoms with E-state index in [-0.39, 0.29) is 12.3 Å². The van der Waals surface area contributed by atoms with Crippen molar-refractivity contribution in [2.45, 2.75) is 6.42 Å². The molecule has 0 saturated heterocycles. The van der Waals surface area contributed by atoms with E-state index < -0.39 is 0 Å². The highest BCUT2D eigenvalue weighted by Crippen LogP contribution is 2.29. The number of amidine groups is 1. The third-order valence-corrected chi connectivity index (χ3v) is 3.36. The average Bonchev–Trinajstić information content (AvgIpc) is 2.97. The Hall–Kier alpha value is -2.21. The van der Waals surface area contributed by atoms with E-state index in [4.69, 9.17) is 5.73 Å². The third-order valence-electron chi connectivity index (χ3n) is 2.54. The standard InChI is InChI=1S/C12H10N4OS/c13-10-6-11(17)16(15-10)12-14-9(7-18-12)8-4-2-1-3-5-8/h1-5,7H,6H2,(H2,13,15). The van der Waals surface area contributed by atoms with Gasteiger partial charge in [-0.05, 0) is 0 Å². The molecule has 0 bridgehead atoms. The topological polar surface area (TPSA) is 71.6 Å². The molecule has 0 fully saturated rings. The Labute approximate surface area is 108 Å². The fourth-order valence-corrected chi connectivity index (χ4v) is 2.50. The van der Waals surface area contributed by atoms with E-state index in [1.807, 2.05) is 35.7 Å². The highest BCUT2D eigenvalue weighted by molar-refractivity contribution is 7.14. The Bertz CT molecular complexity index is 620. The van der Waals surface area contributed by atoms with Gasteiger partial charge in [0.25, 0.3) is 5.91 Å². The van der Waals surface area contributed by atoms with Crippen molar-refractivity contribution in [3.63, 3.8) is 0 Å². The first-order chi connectivity index (χ1) is 8.74. The average molecular weight is 258 g/mol. The van der Waals surface area contributed by atoms with E-state index in [0.29, 0.717) is 11.0 Å². The lowest BCUT2D eigenvalue weighted by atomic mass is 10.2. The number of rotatable bonds is 2. The van der Waals surface area contributed by atoms with E-state index in [2.05, 4.69) is 10.1 Å². The zero-order valence-electron chi connectivity index (χ0n) is 9.41. The zero-order chi connectivity index (χ0) is 12.5. The summed E-state index contributed by atoms with van der Waals surface area (Å²) in [6, 6.07) is 9.80. The van der Waals surface area contributed by atoms with Crippen LogP contribution in [0.1, 0.15) is 6.42 Å². The number of hydrogen-bond donors (Lipinski definition) is 1. The first-order valence-corrected chi connectivity index (χ1v) is 6.29. The molecule has 6 heteroatoms. The number of anilines is 1. The molecule has 1 aliphatic heterocycles. The van der Waals surface area contributed by atoms with Gasteiger partial charge in [0.05, 0.1) is 12.1 Å². The molecule has 1 amide bonds. The highest BCUT2D eigenvalue weighted by Gasteiger charge is 2.25. The molecule has 2 heterocycles. The highest BCUT2D eigenvalue weighted by atomic mass is 32.1. The van der Waals surface area contributed by atoms with Gasteiger partial charge in [0, 0.05) is 10.9 Å². The first kappa shape index (κ1) is 10.9. The summed E-state index contributed by atoms with van der Waals surface area (Å²) in [7, 11) is 0. The summed E-state index contributed by atoms with van der Waals surface area (Å²) >= 11 is 1.38. The molecule has 0 saturated carbocycles. The summed E-state index contributed by atoms with van der Waals surface area (Å²) < 4.78 is 0. The van der Waals surface area contributed by atoms with Gasteiger partial charge in [-0.25, -0.2) is 4.98 Å². The van der Waals surface area contributed by atoms with Gasteiger partial charge in [-0.1, -0.05) is 30.3 Å². The predicted molar refractivity (Wildman–Crippen MR) is 71.3 cm³/mol. The molecule has 18 heavy (non-hydrogen) atoms. The number of carbonyl (C=O) groups excluding carboxylic acids is 1. The lowest BCUT2D eigenvalue weighted by molar-refractivity contribution is -0.116. The molecule has 1 aromatic carbocycles. The van der Waals surface area contributed by atoms with Crippen LogP contribution < -0.4 is 10.7 Å². The second-order valence-corrected chi connectivity index (χ2v) is 4.69. The minimum Gasteiger partial charge on any atom is -0.385 e. The molecule has 1 aromatic heterocycles. The van der Waals surface area contributed by atoms with E-state index in [1.165, 1.54) is 16.3 Å². The van der Waals surface area contributed by atoms with Crippen molar-refractivity contribution < 1.29 is 4.79 Å². The molecule has 0 atom stereocenters. The van der Waals surface area contributed by atoms with Crippen molar-refractivity contribution >= 4 is 28.2 Å².